The molecule has 0 unspecified atom stereocenters. The molecule has 4 aromatic carbocycles. The molecule has 0 aliphatic carbocycles. The first-order valence-corrected chi connectivity index (χ1v) is 14.0. The van der Waals surface area contributed by atoms with Crippen LogP contribution in [0.3, 0.4) is 0 Å². The number of benzene rings is 4. The van der Waals surface area contributed by atoms with E-state index in [2.05, 4.69) is 87.8 Å². The van der Waals surface area contributed by atoms with Crippen LogP contribution in [0.5, 0.6) is 11.5 Å². The molecule has 5 aromatic heterocycles. The summed E-state index contributed by atoms with van der Waals surface area (Å²) < 4.78 is 10.5. The Hall–Kier alpha value is -5.13. The fourth-order valence-corrected chi connectivity index (χ4v) is 6.49. The van der Waals surface area contributed by atoms with Crippen molar-refractivity contribution in [1.82, 2.24) is 28.7 Å². The van der Waals surface area contributed by atoms with Gasteiger partial charge in [0.2, 0.25) is 0 Å². The molecular weight excluding hydrogens is 728 g/mol. The van der Waals surface area contributed by atoms with Crippen molar-refractivity contribution < 1.29 is 25.8 Å². The third-order valence-electron chi connectivity index (χ3n) is 8.32. The average molecular weight is 750 g/mol. The Morgan fingerprint density at radius 2 is 1.32 bits per heavy atom. The maximum atomic E-state index is 6.41. The third-order valence-corrected chi connectivity index (χ3v) is 8.32. The van der Waals surface area contributed by atoms with Crippen molar-refractivity contribution in [2.24, 2.45) is 0 Å². The Balaban J connectivity index is 0.00000289. The molecule has 9 aromatic rings. The van der Waals surface area contributed by atoms with E-state index in [0.717, 1.165) is 54.8 Å². The Kier molecular flexibility index (Phi) is 6.00. The molecule has 5 heterocycles. The van der Waals surface area contributed by atoms with Crippen molar-refractivity contribution in [3.8, 4) is 22.6 Å². The van der Waals surface area contributed by atoms with Gasteiger partial charge in [0.1, 0.15) is 12.0 Å². The molecule has 0 saturated heterocycles. The number of rotatable bonds is 3. The second-order valence-electron chi connectivity index (χ2n) is 10.8. The van der Waals surface area contributed by atoms with Crippen LogP contribution in [0.4, 0.5) is 0 Å². The van der Waals surface area contributed by atoms with Crippen molar-refractivity contribution in [3.63, 3.8) is 0 Å². The Morgan fingerprint density at radius 3 is 2.09 bits per heavy atom. The maximum Gasteiger partial charge on any atom is 2.00 e. The molecule has 9 rings (SSSR count). The van der Waals surface area contributed by atoms with Gasteiger partial charge in [0, 0.05) is 53.4 Å². The predicted molar refractivity (Wildman–Crippen MR) is 169 cm³/mol. The summed E-state index contributed by atoms with van der Waals surface area (Å²) >= 11 is 0. The smallest absolute Gasteiger partial charge is 0.497 e. The van der Waals surface area contributed by atoms with Gasteiger partial charge in [-0.05, 0) is 47.6 Å². The van der Waals surface area contributed by atoms with Crippen molar-refractivity contribution in [2.45, 2.75) is 13.8 Å². The minimum Gasteiger partial charge on any atom is -0.497 e. The molecule has 44 heavy (non-hydrogen) atoms. The van der Waals surface area contributed by atoms with Crippen LogP contribution in [0, 0.1) is 26.0 Å². The molecule has 0 N–H and O–H groups in total. The van der Waals surface area contributed by atoms with Crippen molar-refractivity contribution >= 4 is 54.8 Å². The van der Waals surface area contributed by atoms with Gasteiger partial charge in [-0.25, -0.2) is 9.97 Å². The molecule has 212 valence electrons. The summed E-state index contributed by atoms with van der Waals surface area (Å²) in [6.07, 6.45) is 10.9. The van der Waals surface area contributed by atoms with E-state index in [-0.39, 0.29) is 21.1 Å². The number of fused-ring (bicyclic) bond motifs is 12. The zero-order chi connectivity index (χ0) is 28.7. The quantitative estimate of drug-likeness (QED) is 0.135. The standard InChI is InChI=1S/C36H22N6O.Pt/c1-21-5-3-6-22(2)32(21)27-7-4-8-31-33(27)26-12-10-24(18-29(26)34-38-13-15-41(31)34)43-23-9-11-25-28(17-23)35-39-14-16-42(35)36-30(25)19-37-20-40-36;/h3-16,19-20H,1-2H3;/q-2;+2. The van der Waals surface area contributed by atoms with Crippen molar-refractivity contribution in [1.29, 1.82) is 0 Å². The summed E-state index contributed by atoms with van der Waals surface area (Å²) in [6.45, 7) is 4.34. The first kappa shape index (κ1) is 26.5. The fourth-order valence-electron chi connectivity index (χ4n) is 6.49. The Morgan fingerprint density at radius 1 is 0.659 bits per heavy atom. The monoisotopic (exact) mass is 749 g/mol. The summed E-state index contributed by atoms with van der Waals surface area (Å²) in [5, 5.41) is 5.87. The fraction of sp³-hybridized carbons (Fsp3) is 0.0556. The van der Waals surface area contributed by atoms with Gasteiger partial charge in [-0.1, -0.05) is 76.1 Å². The van der Waals surface area contributed by atoms with Gasteiger partial charge in [-0.15, -0.1) is 12.1 Å². The molecule has 0 spiro atoms. The van der Waals surface area contributed by atoms with E-state index in [1.54, 1.807) is 12.5 Å². The number of nitrogens with zero attached hydrogens (tertiary/aromatic N) is 6. The van der Waals surface area contributed by atoms with Gasteiger partial charge in [0.15, 0.2) is 0 Å². The van der Waals surface area contributed by atoms with Crippen LogP contribution >= 0.6 is 0 Å². The van der Waals surface area contributed by atoms with Crippen LogP contribution < -0.4 is 4.74 Å². The topological polar surface area (TPSA) is 69.6 Å². The molecule has 0 fully saturated rings. The van der Waals surface area contributed by atoms with Gasteiger partial charge in [-0.3, -0.25) is 9.97 Å². The molecule has 0 atom stereocenters. The van der Waals surface area contributed by atoms with E-state index in [4.69, 9.17) is 9.72 Å². The van der Waals surface area contributed by atoms with Crippen LogP contribution in [0.15, 0.2) is 98.0 Å². The van der Waals surface area contributed by atoms with E-state index in [9.17, 15) is 0 Å². The van der Waals surface area contributed by atoms with E-state index >= 15 is 0 Å². The van der Waals surface area contributed by atoms with Crippen LogP contribution in [-0.4, -0.2) is 28.7 Å². The Bertz CT molecular complexity index is 2570. The normalized spacial score (nSPS) is 11.7. The summed E-state index contributed by atoms with van der Waals surface area (Å²) in [5.74, 6) is 1.15. The van der Waals surface area contributed by atoms with Gasteiger partial charge in [0.05, 0.1) is 11.3 Å². The number of hydrogen-bond acceptors (Lipinski definition) is 5. The van der Waals surface area contributed by atoms with Gasteiger partial charge >= 0.3 is 21.1 Å². The summed E-state index contributed by atoms with van der Waals surface area (Å²) in [4.78, 5) is 18.0. The number of aromatic nitrogens is 6. The molecule has 0 aliphatic rings. The molecule has 8 heteroatoms. The van der Waals surface area contributed by atoms with Gasteiger partial charge in [0.25, 0.3) is 0 Å². The summed E-state index contributed by atoms with van der Waals surface area (Å²) in [6, 6.07) is 28.0. The van der Waals surface area contributed by atoms with Crippen LogP contribution in [0.1, 0.15) is 11.1 Å². The molecule has 7 nitrogen and oxygen atoms in total. The second kappa shape index (κ2) is 9.97. The summed E-state index contributed by atoms with van der Waals surface area (Å²) in [5.41, 5.74) is 8.43. The number of imidazole rings is 2. The van der Waals surface area contributed by atoms with Gasteiger partial charge < -0.3 is 13.5 Å². The molecule has 0 amide bonds. The number of hydrogen-bond donors (Lipinski definition) is 0. The van der Waals surface area contributed by atoms with Gasteiger partial charge in [-0.2, -0.15) is 0 Å². The van der Waals surface area contributed by atoms with Crippen LogP contribution in [0.2, 0.25) is 0 Å². The van der Waals surface area contributed by atoms with Crippen molar-refractivity contribution in [2.75, 3.05) is 0 Å². The van der Waals surface area contributed by atoms with Crippen LogP contribution in [-0.2, 0) is 21.1 Å². The average Bonchev–Trinajstić information content (AvgIpc) is 3.73. The zero-order valence-electron chi connectivity index (χ0n) is 23.6. The molecule has 0 saturated carbocycles. The zero-order valence-corrected chi connectivity index (χ0v) is 25.9. The number of pyridine rings is 2. The largest absolute Gasteiger partial charge is 2.00 e. The predicted octanol–water partition coefficient (Wildman–Crippen LogP) is 8.06. The van der Waals surface area contributed by atoms with Crippen molar-refractivity contribution in [3.05, 3.63) is 121 Å². The summed E-state index contributed by atoms with van der Waals surface area (Å²) in [7, 11) is 0. The second-order valence-corrected chi connectivity index (χ2v) is 10.8. The van der Waals surface area contributed by atoms with Crippen LogP contribution in [0.25, 0.3) is 65.9 Å². The molecule has 0 bridgehead atoms. The number of aryl methyl sites for hydroxylation is 2. The Labute approximate surface area is 266 Å². The number of ether oxygens (including phenoxy) is 1. The third kappa shape index (κ3) is 3.79. The van der Waals surface area contributed by atoms with E-state index in [1.165, 1.54) is 22.3 Å². The van der Waals surface area contributed by atoms with E-state index in [0.29, 0.717) is 11.5 Å². The minimum atomic E-state index is 0. The molecular formula is C36H22N6OPt. The first-order valence-electron chi connectivity index (χ1n) is 14.0. The molecule has 0 aliphatic heterocycles. The SMILES string of the molecule is Cc1cccc(C)c1-c1cccc2c1c1ccc(Oc3[c-]c4c(cc3)c3cncnc3n3ccnc43)[c-]c1c1nccn21.[Pt+2]. The maximum absolute atomic E-state index is 6.41. The minimum absolute atomic E-state index is 0. The molecule has 0 radical (unpaired) electrons. The van der Waals surface area contributed by atoms with E-state index in [1.807, 2.05) is 47.4 Å². The van der Waals surface area contributed by atoms with E-state index < -0.39 is 0 Å². The first-order chi connectivity index (χ1) is 21.2.